The number of anilines is 1. The number of hydrogen-bond acceptors (Lipinski definition) is 6. The van der Waals surface area contributed by atoms with Crippen LogP contribution in [0.5, 0.6) is 5.75 Å². The van der Waals surface area contributed by atoms with Gasteiger partial charge in [-0.3, -0.25) is 4.79 Å². The van der Waals surface area contributed by atoms with Crippen LogP contribution in [0.3, 0.4) is 0 Å². The van der Waals surface area contributed by atoms with E-state index in [0.29, 0.717) is 47.1 Å². The molecule has 0 saturated heterocycles. The predicted octanol–water partition coefficient (Wildman–Crippen LogP) is 3.37. The Bertz CT molecular complexity index is 1200. The molecule has 162 valence electrons. The van der Waals surface area contributed by atoms with E-state index in [1.165, 1.54) is 6.07 Å². The summed E-state index contributed by atoms with van der Waals surface area (Å²) in [5.74, 6) is 0.420. The van der Waals surface area contributed by atoms with Gasteiger partial charge in [0, 0.05) is 42.8 Å². The summed E-state index contributed by atoms with van der Waals surface area (Å²) in [4.78, 5) is 21.3. The first-order valence-corrected chi connectivity index (χ1v) is 11.0. The fourth-order valence-electron chi connectivity index (χ4n) is 4.54. The van der Waals surface area contributed by atoms with Crippen LogP contribution in [0.1, 0.15) is 31.7 Å². The molecule has 1 amide bonds. The second kappa shape index (κ2) is 7.44. The van der Waals surface area contributed by atoms with Gasteiger partial charge in [0.15, 0.2) is 17.2 Å². The quantitative estimate of drug-likeness (QED) is 0.584. The Balaban J connectivity index is 1.47. The first kappa shape index (κ1) is 20.2. The standard InChI is InChI=1S/C21H22BrFN6O2/c1-21(19(30)24-2)5-3-12(9-21)26-20-25-10-14-17(22)28-29(18(14)27-20)13-7-11-4-6-31-16(11)15(23)8-13/h7-8,10,12H,3-6,9H2,1-2H3,(H,24,30)(H,25,26,27)/t12-,21-/m1/s1. The van der Waals surface area contributed by atoms with Crippen molar-refractivity contribution in [1.29, 1.82) is 0 Å². The Hall–Kier alpha value is -2.75. The molecule has 1 aromatic carbocycles. The molecule has 2 aliphatic rings. The Kier molecular flexibility index (Phi) is 4.84. The number of hydrogen-bond donors (Lipinski definition) is 2. The van der Waals surface area contributed by atoms with Gasteiger partial charge in [-0.05, 0) is 41.3 Å². The summed E-state index contributed by atoms with van der Waals surface area (Å²) in [5.41, 5.74) is 1.57. The molecule has 31 heavy (non-hydrogen) atoms. The number of rotatable bonds is 4. The van der Waals surface area contributed by atoms with Gasteiger partial charge < -0.3 is 15.4 Å². The number of amides is 1. The number of halogens is 2. The highest BCUT2D eigenvalue weighted by atomic mass is 79.9. The third-order valence-electron chi connectivity index (χ3n) is 6.20. The molecule has 0 bridgehead atoms. The maximum Gasteiger partial charge on any atom is 0.225 e. The van der Waals surface area contributed by atoms with Gasteiger partial charge >= 0.3 is 0 Å². The smallest absolute Gasteiger partial charge is 0.225 e. The van der Waals surface area contributed by atoms with Crippen molar-refractivity contribution in [3.63, 3.8) is 0 Å². The molecule has 1 aliphatic carbocycles. The molecule has 0 radical (unpaired) electrons. The lowest BCUT2D eigenvalue weighted by Crippen LogP contribution is -2.35. The normalized spacial score (nSPS) is 22.4. The molecule has 5 rings (SSSR count). The number of nitrogens with one attached hydrogen (secondary N) is 2. The van der Waals surface area contributed by atoms with E-state index in [-0.39, 0.29) is 11.9 Å². The van der Waals surface area contributed by atoms with E-state index in [4.69, 9.17) is 4.74 Å². The second-order valence-electron chi connectivity index (χ2n) is 8.37. The third-order valence-corrected chi connectivity index (χ3v) is 6.78. The van der Waals surface area contributed by atoms with E-state index < -0.39 is 11.2 Å². The van der Waals surface area contributed by atoms with Crippen molar-refractivity contribution < 1.29 is 13.9 Å². The van der Waals surface area contributed by atoms with E-state index in [1.807, 2.05) is 13.0 Å². The maximum atomic E-state index is 14.5. The van der Waals surface area contributed by atoms with Crippen molar-refractivity contribution in [2.45, 2.75) is 38.6 Å². The van der Waals surface area contributed by atoms with Crippen LogP contribution >= 0.6 is 15.9 Å². The average molecular weight is 489 g/mol. The molecule has 3 heterocycles. The van der Waals surface area contributed by atoms with Crippen LogP contribution in [0.2, 0.25) is 0 Å². The number of ether oxygens (including phenoxy) is 1. The largest absolute Gasteiger partial charge is 0.490 e. The molecule has 1 fully saturated rings. The van der Waals surface area contributed by atoms with E-state index >= 15 is 0 Å². The average Bonchev–Trinajstić information content (AvgIpc) is 3.46. The van der Waals surface area contributed by atoms with E-state index in [1.54, 1.807) is 17.9 Å². The van der Waals surface area contributed by atoms with Crippen LogP contribution in [0.25, 0.3) is 16.7 Å². The van der Waals surface area contributed by atoms with Gasteiger partial charge in [0.2, 0.25) is 11.9 Å². The number of benzene rings is 1. The Morgan fingerprint density at radius 2 is 2.26 bits per heavy atom. The summed E-state index contributed by atoms with van der Waals surface area (Å²) in [6.07, 6.45) is 4.70. The molecule has 0 spiro atoms. The molecule has 2 atom stereocenters. The van der Waals surface area contributed by atoms with Crippen molar-refractivity contribution in [3.8, 4) is 11.4 Å². The molecule has 2 N–H and O–H groups in total. The fraction of sp³-hybridized carbons (Fsp3) is 0.429. The summed E-state index contributed by atoms with van der Waals surface area (Å²) >= 11 is 3.45. The Morgan fingerprint density at radius 3 is 3.06 bits per heavy atom. The lowest BCUT2D eigenvalue weighted by molar-refractivity contribution is -0.129. The predicted molar refractivity (Wildman–Crippen MR) is 117 cm³/mol. The summed E-state index contributed by atoms with van der Waals surface area (Å²) in [5, 5.41) is 11.3. The van der Waals surface area contributed by atoms with Crippen LogP contribution < -0.4 is 15.4 Å². The fourth-order valence-corrected chi connectivity index (χ4v) is 4.98. The van der Waals surface area contributed by atoms with Gasteiger partial charge in [0.1, 0.15) is 4.60 Å². The van der Waals surface area contributed by atoms with E-state index in [9.17, 15) is 9.18 Å². The van der Waals surface area contributed by atoms with Crippen molar-refractivity contribution in [2.75, 3.05) is 19.0 Å². The molecule has 2 aromatic heterocycles. The molecule has 3 aromatic rings. The summed E-state index contributed by atoms with van der Waals surface area (Å²) in [6.45, 7) is 2.46. The molecule has 1 saturated carbocycles. The van der Waals surface area contributed by atoms with Crippen LogP contribution in [0.15, 0.2) is 22.9 Å². The minimum Gasteiger partial charge on any atom is -0.490 e. The van der Waals surface area contributed by atoms with Gasteiger partial charge in [-0.2, -0.15) is 10.1 Å². The molecular weight excluding hydrogens is 467 g/mol. The number of aromatic nitrogens is 4. The minimum atomic E-state index is -0.406. The molecule has 10 heteroatoms. The van der Waals surface area contributed by atoms with Gasteiger partial charge in [-0.25, -0.2) is 14.1 Å². The first-order valence-electron chi connectivity index (χ1n) is 10.2. The van der Waals surface area contributed by atoms with Gasteiger partial charge in [-0.15, -0.1) is 0 Å². The second-order valence-corrected chi connectivity index (χ2v) is 9.12. The molecule has 0 unspecified atom stereocenters. The van der Waals surface area contributed by atoms with Gasteiger partial charge in [-0.1, -0.05) is 6.92 Å². The zero-order valence-corrected chi connectivity index (χ0v) is 18.8. The third kappa shape index (κ3) is 3.42. The van der Waals surface area contributed by atoms with Crippen molar-refractivity contribution in [3.05, 3.63) is 34.3 Å². The van der Waals surface area contributed by atoms with Crippen LogP contribution in [-0.4, -0.2) is 45.4 Å². The molecular formula is C21H22BrFN6O2. The van der Waals surface area contributed by atoms with Crippen molar-refractivity contribution in [2.24, 2.45) is 5.41 Å². The lowest BCUT2D eigenvalue weighted by Gasteiger charge is -2.22. The van der Waals surface area contributed by atoms with Gasteiger partial charge in [0.05, 0.1) is 17.7 Å². The number of carbonyl (C=O) groups is 1. The Labute approximate surface area is 186 Å². The number of carbonyl (C=O) groups excluding carboxylic acids is 1. The highest BCUT2D eigenvalue weighted by Gasteiger charge is 2.41. The first-order chi connectivity index (χ1) is 14.9. The molecule has 8 nitrogen and oxygen atoms in total. The summed E-state index contributed by atoms with van der Waals surface area (Å²) in [6, 6.07) is 3.38. The van der Waals surface area contributed by atoms with E-state index in [0.717, 1.165) is 23.8 Å². The van der Waals surface area contributed by atoms with Crippen molar-refractivity contribution >= 4 is 38.8 Å². The zero-order valence-electron chi connectivity index (χ0n) is 17.2. The number of nitrogens with zero attached hydrogens (tertiary/aromatic N) is 4. The summed E-state index contributed by atoms with van der Waals surface area (Å²) < 4.78 is 22.1. The van der Waals surface area contributed by atoms with E-state index in [2.05, 4.69) is 41.6 Å². The van der Waals surface area contributed by atoms with Crippen molar-refractivity contribution in [1.82, 2.24) is 25.1 Å². The van der Waals surface area contributed by atoms with Gasteiger partial charge in [0.25, 0.3) is 0 Å². The summed E-state index contributed by atoms with van der Waals surface area (Å²) in [7, 11) is 1.66. The zero-order chi connectivity index (χ0) is 21.8. The highest BCUT2D eigenvalue weighted by Crippen LogP contribution is 2.39. The topological polar surface area (TPSA) is 94.0 Å². The minimum absolute atomic E-state index is 0.0535. The Morgan fingerprint density at radius 1 is 1.42 bits per heavy atom. The number of fused-ring (bicyclic) bond motifs is 2. The molecule has 1 aliphatic heterocycles. The monoisotopic (exact) mass is 488 g/mol. The highest BCUT2D eigenvalue weighted by molar-refractivity contribution is 9.10. The SMILES string of the molecule is CNC(=O)[C@]1(C)CC[C@@H](Nc2ncc3c(Br)nn(-c4cc(F)c5c(c4)CCO5)c3n2)C1. The lowest BCUT2D eigenvalue weighted by atomic mass is 9.87. The van der Waals surface area contributed by atoms with Crippen LogP contribution in [0.4, 0.5) is 10.3 Å². The van der Waals surface area contributed by atoms with Crippen LogP contribution in [-0.2, 0) is 11.2 Å². The maximum absolute atomic E-state index is 14.5. The van der Waals surface area contributed by atoms with Crippen LogP contribution in [0, 0.1) is 11.2 Å².